The van der Waals surface area contributed by atoms with E-state index in [1.165, 1.54) is 0 Å². The molecule has 0 aromatic carbocycles. The Kier molecular flexibility index (Phi) is 15.3. The molecule has 0 spiro atoms. The molecule has 0 bridgehead atoms. The van der Waals surface area contributed by atoms with Gasteiger partial charge in [-0.25, -0.2) is 9.59 Å². The summed E-state index contributed by atoms with van der Waals surface area (Å²) in [5.41, 5.74) is 4.74. The van der Waals surface area contributed by atoms with E-state index in [1.807, 2.05) is 6.20 Å². The zero-order valence-corrected chi connectivity index (χ0v) is 25.5. The van der Waals surface area contributed by atoms with E-state index in [1.54, 1.807) is 46.2 Å². The van der Waals surface area contributed by atoms with Crippen molar-refractivity contribution >= 4 is 24.1 Å². The fourth-order valence-corrected chi connectivity index (χ4v) is 3.52. The first-order valence-corrected chi connectivity index (χ1v) is 13.4. The number of urea groups is 1. The number of ether oxygens (including phenoxy) is 2. The molecule has 1 heterocycles. The molecule has 1 rings (SSSR count). The lowest BCUT2D eigenvalue weighted by atomic mass is 9.84. The zero-order chi connectivity index (χ0) is 31.1. The summed E-state index contributed by atoms with van der Waals surface area (Å²) < 4.78 is 12.6. The number of carbonyl (C=O) groups excluding carboxylic acids is 5. The third kappa shape index (κ3) is 17.3. The number of hydrogen-bond acceptors (Lipinski definition) is 10. The number of esters is 2. The highest BCUT2D eigenvalue weighted by Gasteiger charge is 2.31. The molecule has 0 saturated heterocycles. The molecule has 0 aliphatic rings. The van der Waals surface area contributed by atoms with E-state index < -0.39 is 35.2 Å². The molecule has 1 aromatic heterocycles. The summed E-state index contributed by atoms with van der Waals surface area (Å²) in [7, 11) is 0. The summed E-state index contributed by atoms with van der Waals surface area (Å²) in [5, 5.41) is 13.8. The molecular formula is C27H48N6O7. The summed E-state index contributed by atoms with van der Waals surface area (Å²) in [4.78, 5) is 54.2. The van der Waals surface area contributed by atoms with Crippen molar-refractivity contribution < 1.29 is 33.4 Å². The van der Waals surface area contributed by atoms with E-state index in [4.69, 9.17) is 24.8 Å². The Morgan fingerprint density at radius 2 is 1.52 bits per heavy atom. The lowest BCUT2D eigenvalue weighted by molar-refractivity contribution is -0.191. The van der Waals surface area contributed by atoms with Crippen LogP contribution in [0.2, 0.25) is 0 Å². The highest BCUT2D eigenvalue weighted by molar-refractivity contribution is 5.84. The van der Waals surface area contributed by atoms with Crippen molar-refractivity contribution in [2.75, 3.05) is 0 Å². The molecule has 0 unspecified atom stereocenters. The fraction of sp³-hybridized carbons (Fsp3) is 0.778. The van der Waals surface area contributed by atoms with Crippen molar-refractivity contribution in [2.45, 2.75) is 131 Å². The molecule has 0 radical (unpaired) electrons. The van der Waals surface area contributed by atoms with Crippen LogP contribution in [0.25, 0.3) is 0 Å². The molecule has 13 nitrogen and oxygen atoms in total. The van der Waals surface area contributed by atoms with E-state index in [9.17, 15) is 14.4 Å². The van der Waals surface area contributed by atoms with Gasteiger partial charge in [-0.1, -0.05) is 26.0 Å². The van der Waals surface area contributed by atoms with Gasteiger partial charge in [0.05, 0.1) is 5.69 Å². The van der Waals surface area contributed by atoms with Crippen LogP contribution in [0.1, 0.15) is 100 Å². The molecule has 4 N–H and O–H groups in total. The normalized spacial score (nSPS) is 13.2. The van der Waals surface area contributed by atoms with Crippen LogP contribution in [0.15, 0.2) is 6.20 Å². The van der Waals surface area contributed by atoms with Crippen molar-refractivity contribution in [3.8, 4) is 0 Å². The number of nitrogens with one attached hydrogen (secondary N) is 2. The minimum Gasteiger partial charge on any atom is -0.460 e. The van der Waals surface area contributed by atoms with Crippen LogP contribution >= 0.6 is 0 Å². The number of amides is 2. The molecule has 1 aromatic rings. The van der Waals surface area contributed by atoms with Gasteiger partial charge in [0.25, 0.3) is 0 Å². The van der Waals surface area contributed by atoms with E-state index >= 15 is 0 Å². The van der Waals surface area contributed by atoms with Crippen LogP contribution in [0.5, 0.6) is 0 Å². The average Bonchev–Trinajstić information content (AvgIpc) is 3.24. The van der Waals surface area contributed by atoms with Gasteiger partial charge in [-0.3, -0.25) is 9.48 Å². The number of rotatable bonds is 12. The molecule has 40 heavy (non-hydrogen) atoms. The second-order valence-electron chi connectivity index (χ2n) is 12.5. The average molecular weight is 569 g/mol. The van der Waals surface area contributed by atoms with E-state index in [0.717, 1.165) is 25.0 Å². The van der Waals surface area contributed by atoms with Crippen LogP contribution in [-0.4, -0.2) is 62.4 Å². The summed E-state index contributed by atoms with van der Waals surface area (Å²) in [6.45, 7) is 17.8. The Morgan fingerprint density at radius 3 is 2.00 bits per heavy atom. The number of nitrogens with two attached hydrogens (primary N) is 1. The van der Waals surface area contributed by atoms with Gasteiger partial charge in [-0.2, -0.15) is 9.59 Å². The Morgan fingerprint density at radius 1 is 0.950 bits per heavy atom. The van der Waals surface area contributed by atoms with Crippen molar-refractivity contribution in [3.05, 3.63) is 11.9 Å². The first kappa shape index (κ1) is 36.7. The lowest BCUT2D eigenvalue weighted by Crippen LogP contribution is -2.53. The van der Waals surface area contributed by atoms with Gasteiger partial charge in [-0.05, 0) is 72.6 Å². The number of aryl methyl sites for hydroxylation is 1. The van der Waals surface area contributed by atoms with Gasteiger partial charge < -0.3 is 25.8 Å². The van der Waals surface area contributed by atoms with Crippen LogP contribution < -0.4 is 16.4 Å². The molecule has 0 saturated carbocycles. The zero-order valence-electron chi connectivity index (χ0n) is 25.5. The maximum Gasteiger partial charge on any atom is 0.373 e. The largest absolute Gasteiger partial charge is 0.460 e. The number of unbranched alkanes of at least 4 members (excludes halogenated alkanes) is 1. The molecule has 228 valence electrons. The lowest BCUT2D eigenvalue weighted by Gasteiger charge is -2.32. The Labute approximate surface area is 237 Å². The molecule has 0 aliphatic heterocycles. The van der Waals surface area contributed by atoms with Crippen LogP contribution in [0.4, 0.5) is 4.79 Å². The Hall–Kier alpha value is -3.31. The highest BCUT2D eigenvalue weighted by atomic mass is 16.6. The second kappa shape index (κ2) is 16.7. The minimum atomic E-state index is -0.989. The van der Waals surface area contributed by atoms with E-state index in [-0.39, 0.29) is 30.4 Å². The quantitative estimate of drug-likeness (QED) is 0.250. The van der Waals surface area contributed by atoms with Crippen LogP contribution in [0.3, 0.4) is 0 Å². The fourth-order valence-electron chi connectivity index (χ4n) is 3.52. The minimum absolute atomic E-state index is 0.0294. The predicted molar refractivity (Wildman–Crippen MR) is 146 cm³/mol. The maximum absolute atomic E-state index is 13.0. The van der Waals surface area contributed by atoms with Gasteiger partial charge in [0.1, 0.15) is 17.2 Å². The third-order valence-electron chi connectivity index (χ3n) is 5.33. The number of carbonyl (C=O) groups is 3. The van der Waals surface area contributed by atoms with Crippen molar-refractivity contribution in [1.29, 1.82) is 0 Å². The van der Waals surface area contributed by atoms with Gasteiger partial charge in [0, 0.05) is 31.7 Å². The highest BCUT2D eigenvalue weighted by Crippen LogP contribution is 2.24. The third-order valence-corrected chi connectivity index (χ3v) is 5.33. The predicted octanol–water partition coefficient (Wildman–Crippen LogP) is 2.87. The molecule has 0 fully saturated rings. The summed E-state index contributed by atoms with van der Waals surface area (Å²) >= 11 is 0. The van der Waals surface area contributed by atoms with Crippen molar-refractivity contribution in [1.82, 2.24) is 25.6 Å². The standard InChI is InChI=1S/C26H48N6O5.CO2/c1-24(2,3)20(12-10-11-15-32-17-18(16-27)30-31-32)29-23(35)28-19(22(34)37-26(7,8)9)13-14-21(33)36-25(4,5)6;2-1-3/h17,19-20H,10-16,27H2,1-9H3,(H2,28,29,35);/t19-,20-;/m0./s1. The molecule has 2 amide bonds. The van der Waals surface area contributed by atoms with E-state index in [2.05, 4.69) is 41.7 Å². The Balaban J connectivity index is 0.00000483. The molecule has 13 heteroatoms. The topological polar surface area (TPSA) is 185 Å². The molecule has 2 atom stereocenters. The second-order valence-corrected chi connectivity index (χ2v) is 12.5. The Bertz CT molecular complexity index is 967. The van der Waals surface area contributed by atoms with Gasteiger partial charge in [-0.15, -0.1) is 5.10 Å². The number of hydrogen-bond donors (Lipinski definition) is 3. The first-order chi connectivity index (χ1) is 18.3. The van der Waals surface area contributed by atoms with Crippen LogP contribution in [0, 0.1) is 5.41 Å². The van der Waals surface area contributed by atoms with Gasteiger partial charge >= 0.3 is 24.1 Å². The maximum atomic E-state index is 13.0. The number of nitrogens with zero attached hydrogens (tertiary/aromatic N) is 3. The number of aromatic nitrogens is 3. The van der Waals surface area contributed by atoms with Crippen molar-refractivity contribution in [2.24, 2.45) is 11.1 Å². The molecule has 0 aliphatic carbocycles. The van der Waals surface area contributed by atoms with Crippen molar-refractivity contribution in [3.63, 3.8) is 0 Å². The van der Waals surface area contributed by atoms with Gasteiger partial charge in [0.15, 0.2) is 0 Å². The summed E-state index contributed by atoms with van der Waals surface area (Å²) in [6.07, 6.45) is 4.58. The monoisotopic (exact) mass is 568 g/mol. The SMILES string of the molecule is CC(C)(C)OC(=O)CC[C@H](NC(=O)N[C@@H](CCCCn1cc(CN)nn1)C(C)(C)C)C(=O)OC(C)(C)C.O=C=O. The van der Waals surface area contributed by atoms with Crippen LogP contribution in [-0.2, 0) is 41.7 Å². The molecular weight excluding hydrogens is 520 g/mol. The van der Waals surface area contributed by atoms with Gasteiger partial charge in [0.2, 0.25) is 0 Å². The van der Waals surface area contributed by atoms with E-state index in [0.29, 0.717) is 13.1 Å². The summed E-state index contributed by atoms with van der Waals surface area (Å²) in [6, 6.07) is -1.62. The summed E-state index contributed by atoms with van der Waals surface area (Å²) in [5.74, 6) is -1.04. The smallest absolute Gasteiger partial charge is 0.373 e. The first-order valence-electron chi connectivity index (χ1n) is 13.4.